The summed E-state index contributed by atoms with van der Waals surface area (Å²) in [6.07, 6.45) is 0. The summed E-state index contributed by atoms with van der Waals surface area (Å²) in [4.78, 5) is 11.8. The molecule has 0 aliphatic carbocycles. The molecular formula is C27H23O4P. The van der Waals surface area contributed by atoms with Gasteiger partial charge in [0.05, 0.1) is 12.7 Å². The van der Waals surface area contributed by atoms with Crippen LogP contribution < -0.4 is 25.4 Å². The van der Waals surface area contributed by atoms with E-state index >= 15 is 0 Å². The molecule has 0 amide bonds. The number of hydrogen-bond acceptors (Lipinski definition) is 4. The number of benzene rings is 4. The zero-order valence-corrected chi connectivity index (χ0v) is 18.8. The lowest BCUT2D eigenvalue weighted by Crippen LogP contribution is -2.26. The van der Waals surface area contributed by atoms with Gasteiger partial charge >= 0.3 is 5.97 Å². The molecule has 0 atom stereocenters. The van der Waals surface area contributed by atoms with E-state index in [2.05, 4.69) is 0 Å². The Kier molecular flexibility index (Phi) is 6.25. The van der Waals surface area contributed by atoms with Crippen LogP contribution in [0.3, 0.4) is 0 Å². The van der Waals surface area contributed by atoms with Crippen LogP contribution in [-0.4, -0.2) is 13.1 Å². The van der Waals surface area contributed by atoms with E-state index in [-0.39, 0.29) is 0 Å². The number of rotatable bonds is 6. The van der Waals surface area contributed by atoms with E-state index in [4.69, 9.17) is 9.47 Å². The van der Waals surface area contributed by atoms with E-state index in [1.54, 1.807) is 25.3 Å². The summed E-state index contributed by atoms with van der Waals surface area (Å²) < 4.78 is 26.1. The number of methoxy groups -OCH3 is 1. The van der Waals surface area contributed by atoms with Crippen molar-refractivity contribution < 1.29 is 18.8 Å². The molecule has 0 bridgehead atoms. The molecule has 160 valence electrons. The third-order valence-corrected chi connectivity index (χ3v) is 8.33. The summed E-state index contributed by atoms with van der Waals surface area (Å²) in [5, 5.41) is 2.10. The van der Waals surface area contributed by atoms with Gasteiger partial charge in [0.15, 0.2) is 7.14 Å². The Morgan fingerprint density at radius 2 is 1.22 bits per heavy atom. The smallest absolute Gasteiger partial charge is 0.308 e. The molecule has 0 aliphatic heterocycles. The SMILES string of the molecule is COc1cccc(OC(C)=O)c1-c1ccccc1P(=O)(c1ccccc1)c1ccccc1. The van der Waals surface area contributed by atoms with Crippen LogP contribution in [0, 0.1) is 0 Å². The van der Waals surface area contributed by atoms with Crippen molar-refractivity contribution in [3.63, 3.8) is 0 Å². The molecule has 0 spiro atoms. The molecule has 5 heteroatoms. The van der Waals surface area contributed by atoms with Crippen LogP contribution in [0.5, 0.6) is 11.5 Å². The maximum absolute atomic E-state index is 15.0. The Balaban J connectivity index is 2.06. The molecule has 0 saturated heterocycles. The first kappa shape index (κ1) is 21.6. The quantitative estimate of drug-likeness (QED) is 0.242. The van der Waals surface area contributed by atoms with Crippen molar-refractivity contribution in [1.82, 2.24) is 0 Å². The van der Waals surface area contributed by atoms with E-state index in [1.165, 1.54) is 6.92 Å². The summed E-state index contributed by atoms with van der Waals surface area (Å²) in [6, 6.07) is 31.7. The van der Waals surface area contributed by atoms with E-state index in [0.29, 0.717) is 27.9 Å². The highest BCUT2D eigenvalue weighted by Crippen LogP contribution is 2.48. The second-order valence-electron chi connectivity index (χ2n) is 7.22. The highest BCUT2D eigenvalue weighted by atomic mass is 31.2. The first-order valence-corrected chi connectivity index (χ1v) is 11.9. The van der Waals surface area contributed by atoms with Gasteiger partial charge in [-0.15, -0.1) is 0 Å². The van der Waals surface area contributed by atoms with Crippen LogP contribution in [0.25, 0.3) is 11.1 Å². The molecular weight excluding hydrogens is 419 g/mol. The van der Waals surface area contributed by atoms with E-state index < -0.39 is 13.1 Å². The van der Waals surface area contributed by atoms with E-state index in [0.717, 1.165) is 10.6 Å². The number of carbonyl (C=O) groups is 1. The van der Waals surface area contributed by atoms with Crippen molar-refractivity contribution in [2.75, 3.05) is 7.11 Å². The lowest BCUT2D eigenvalue weighted by molar-refractivity contribution is -0.131. The van der Waals surface area contributed by atoms with Gasteiger partial charge in [-0.3, -0.25) is 4.79 Å². The lowest BCUT2D eigenvalue weighted by atomic mass is 10.0. The highest BCUT2D eigenvalue weighted by Gasteiger charge is 2.33. The standard InChI is InChI=1S/C27H23O4P/c1-20(28)31-25-18-11-17-24(30-2)27(25)23-16-9-10-19-26(23)32(29,21-12-5-3-6-13-21)22-14-7-4-8-15-22/h3-19H,1-2H3. The minimum atomic E-state index is -3.26. The summed E-state index contributed by atoms with van der Waals surface area (Å²) in [6.45, 7) is 1.36. The number of hydrogen-bond donors (Lipinski definition) is 0. The van der Waals surface area contributed by atoms with Crippen molar-refractivity contribution in [1.29, 1.82) is 0 Å². The van der Waals surface area contributed by atoms with Gasteiger partial charge < -0.3 is 14.0 Å². The topological polar surface area (TPSA) is 52.6 Å². The summed E-state index contributed by atoms with van der Waals surface area (Å²) in [5.41, 5.74) is 1.28. The minimum Gasteiger partial charge on any atom is -0.496 e. The fourth-order valence-electron chi connectivity index (χ4n) is 3.85. The molecule has 4 rings (SSSR count). The van der Waals surface area contributed by atoms with Crippen LogP contribution in [0.1, 0.15) is 6.92 Å². The Bertz CT molecular complexity index is 1240. The predicted octanol–water partition coefficient (Wildman–Crippen LogP) is 4.93. The van der Waals surface area contributed by atoms with Gasteiger partial charge in [-0.05, 0) is 12.1 Å². The fourth-order valence-corrected chi connectivity index (χ4v) is 6.71. The summed E-state index contributed by atoms with van der Waals surface area (Å²) in [7, 11) is -1.70. The number of carbonyl (C=O) groups excluding carboxylic acids is 1. The largest absolute Gasteiger partial charge is 0.496 e. The second-order valence-corrected chi connectivity index (χ2v) is 9.96. The van der Waals surface area contributed by atoms with E-state index in [1.807, 2.05) is 84.9 Å². The van der Waals surface area contributed by atoms with Crippen LogP contribution in [0.15, 0.2) is 103 Å². The molecule has 32 heavy (non-hydrogen) atoms. The van der Waals surface area contributed by atoms with Crippen molar-refractivity contribution in [2.45, 2.75) is 6.92 Å². The first-order chi connectivity index (χ1) is 15.6. The molecule has 0 saturated carbocycles. The lowest BCUT2D eigenvalue weighted by Gasteiger charge is -2.24. The normalized spacial score (nSPS) is 11.1. The van der Waals surface area contributed by atoms with Crippen LogP contribution >= 0.6 is 7.14 Å². The van der Waals surface area contributed by atoms with Gasteiger partial charge in [0.25, 0.3) is 0 Å². The molecule has 0 fully saturated rings. The monoisotopic (exact) mass is 442 g/mol. The highest BCUT2D eigenvalue weighted by molar-refractivity contribution is 7.85. The molecule has 0 aromatic heterocycles. The first-order valence-electron chi connectivity index (χ1n) is 10.2. The van der Waals surface area contributed by atoms with Crippen LogP contribution in [0.2, 0.25) is 0 Å². The van der Waals surface area contributed by atoms with Gasteiger partial charge in [-0.2, -0.15) is 0 Å². The van der Waals surface area contributed by atoms with Crippen LogP contribution in [-0.2, 0) is 9.36 Å². The number of ether oxygens (including phenoxy) is 2. The van der Waals surface area contributed by atoms with Gasteiger partial charge in [0.2, 0.25) is 0 Å². The van der Waals surface area contributed by atoms with Gasteiger partial charge in [0.1, 0.15) is 11.5 Å². The Morgan fingerprint density at radius 1 is 0.688 bits per heavy atom. The molecule has 0 aliphatic rings. The average Bonchev–Trinajstić information content (AvgIpc) is 2.84. The summed E-state index contributed by atoms with van der Waals surface area (Å²) in [5.74, 6) is 0.451. The molecule has 4 aromatic carbocycles. The third-order valence-electron chi connectivity index (χ3n) is 5.21. The van der Waals surface area contributed by atoms with Crippen molar-refractivity contribution in [3.05, 3.63) is 103 Å². The van der Waals surface area contributed by atoms with Crippen molar-refractivity contribution in [2.24, 2.45) is 0 Å². The van der Waals surface area contributed by atoms with Gasteiger partial charge in [-0.1, -0.05) is 91.0 Å². The average molecular weight is 442 g/mol. The molecule has 4 aromatic rings. The Hall–Kier alpha value is -3.62. The van der Waals surface area contributed by atoms with Crippen molar-refractivity contribution in [3.8, 4) is 22.6 Å². The zero-order valence-electron chi connectivity index (χ0n) is 17.9. The predicted molar refractivity (Wildman–Crippen MR) is 129 cm³/mol. The van der Waals surface area contributed by atoms with Crippen LogP contribution in [0.4, 0.5) is 0 Å². The maximum Gasteiger partial charge on any atom is 0.308 e. The van der Waals surface area contributed by atoms with Crippen molar-refractivity contribution >= 4 is 29.0 Å². The third kappa shape index (κ3) is 3.98. The van der Waals surface area contributed by atoms with E-state index in [9.17, 15) is 9.36 Å². The molecule has 0 unspecified atom stereocenters. The molecule has 4 nitrogen and oxygen atoms in total. The second kappa shape index (κ2) is 9.25. The fraction of sp³-hybridized carbons (Fsp3) is 0.0741. The summed E-state index contributed by atoms with van der Waals surface area (Å²) >= 11 is 0. The van der Waals surface area contributed by atoms with Gasteiger partial charge in [0, 0.05) is 28.4 Å². The number of esters is 1. The zero-order chi connectivity index (χ0) is 22.6. The maximum atomic E-state index is 15.0. The Labute approximate surface area is 187 Å². The Morgan fingerprint density at radius 3 is 1.78 bits per heavy atom. The molecule has 0 heterocycles. The van der Waals surface area contributed by atoms with Gasteiger partial charge in [-0.25, -0.2) is 0 Å². The molecule has 0 N–H and O–H groups in total. The minimum absolute atomic E-state index is 0.358. The molecule has 0 radical (unpaired) electrons.